The van der Waals surface area contributed by atoms with E-state index in [0.29, 0.717) is 23.7 Å². The number of benzene rings is 1. The molecule has 0 bridgehead atoms. The van der Waals surface area contributed by atoms with Gasteiger partial charge in [0.05, 0.1) is 18.7 Å². The first-order valence-electron chi connectivity index (χ1n) is 8.08. The van der Waals surface area contributed by atoms with Crippen molar-refractivity contribution in [3.8, 4) is 0 Å². The summed E-state index contributed by atoms with van der Waals surface area (Å²) in [4.78, 5) is 27.2. The normalized spacial score (nSPS) is 17.8. The summed E-state index contributed by atoms with van der Waals surface area (Å²) in [5, 5.41) is 15.9. The summed E-state index contributed by atoms with van der Waals surface area (Å²) >= 11 is 1.41. The number of thiophene rings is 1. The summed E-state index contributed by atoms with van der Waals surface area (Å²) in [5.74, 6) is -0.431. The summed E-state index contributed by atoms with van der Waals surface area (Å²) in [6, 6.07) is 9.48. The third-order valence-electron chi connectivity index (χ3n) is 4.35. The van der Waals surface area contributed by atoms with E-state index in [1.54, 1.807) is 4.90 Å². The van der Waals surface area contributed by atoms with Gasteiger partial charge in [-0.2, -0.15) is 0 Å². The Morgan fingerprint density at radius 1 is 1.31 bits per heavy atom. The number of carbonyl (C=O) groups excluding carboxylic acids is 2. The first kappa shape index (κ1) is 16.5. The number of aliphatic hydroxyl groups excluding tert-OH is 1. The molecule has 1 atom stereocenters. The number of hydrogen-bond donors (Lipinski definition) is 3. The Balaban J connectivity index is 1.45. The van der Waals surface area contributed by atoms with Gasteiger partial charge >= 0.3 is 6.09 Å². The number of rotatable bonds is 3. The van der Waals surface area contributed by atoms with Crippen LogP contribution in [0.4, 0.5) is 9.80 Å². The highest BCUT2D eigenvalue weighted by Gasteiger charge is 2.36. The van der Waals surface area contributed by atoms with Crippen LogP contribution in [0.3, 0.4) is 0 Å². The van der Waals surface area contributed by atoms with Crippen molar-refractivity contribution in [3.63, 3.8) is 0 Å². The lowest BCUT2D eigenvalue weighted by molar-refractivity contribution is 0.0917. The predicted molar refractivity (Wildman–Crippen MR) is 96.8 cm³/mol. The molecule has 4 rings (SSSR count). The lowest BCUT2D eigenvalue weighted by Crippen LogP contribution is -2.45. The number of anilines is 1. The van der Waals surface area contributed by atoms with Crippen LogP contribution in [-0.2, 0) is 24.4 Å². The number of ether oxygens (including phenoxy) is 1. The fourth-order valence-electron chi connectivity index (χ4n) is 3.05. The maximum absolute atomic E-state index is 12.4. The van der Waals surface area contributed by atoms with E-state index in [1.165, 1.54) is 11.3 Å². The Labute approximate surface area is 153 Å². The van der Waals surface area contributed by atoms with Gasteiger partial charge < -0.3 is 20.5 Å². The lowest BCUT2D eigenvalue weighted by atomic mass is 10.1. The molecule has 134 valence electrons. The third kappa shape index (κ3) is 2.88. The summed E-state index contributed by atoms with van der Waals surface area (Å²) in [5.41, 5.74) is 2.28. The fourth-order valence-corrected chi connectivity index (χ4v) is 4.30. The van der Waals surface area contributed by atoms with Crippen LogP contribution in [0.1, 0.15) is 26.4 Å². The molecule has 0 radical (unpaired) electrons. The van der Waals surface area contributed by atoms with E-state index < -0.39 is 12.3 Å². The van der Waals surface area contributed by atoms with Crippen molar-refractivity contribution in [3.05, 3.63) is 64.2 Å². The number of aliphatic hydroxyl groups is 1. The maximum Gasteiger partial charge on any atom is 0.410 e. The van der Waals surface area contributed by atoms with Crippen LogP contribution in [0.5, 0.6) is 0 Å². The molecule has 0 spiro atoms. The van der Waals surface area contributed by atoms with Crippen molar-refractivity contribution >= 4 is 28.3 Å². The molecular formula is C18H17N3O4S. The average molecular weight is 371 g/mol. The number of fused-ring (bicyclic) bond motifs is 3. The zero-order chi connectivity index (χ0) is 18.3. The highest BCUT2D eigenvalue weighted by Crippen LogP contribution is 2.41. The van der Waals surface area contributed by atoms with Gasteiger partial charge in [-0.05, 0) is 5.56 Å². The van der Waals surface area contributed by atoms with Crippen molar-refractivity contribution in [2.45, 2.75) is 25.9 Å². The van der Waals surface area contributed by atoms with Gasteiger partial charge in [0.1, 0.15) is 17.4 Å². The molecule has 0 aliphatic carbocycles. The van der Waals surface area contributed by atoms with Crippen molar-refractivity contribution < 1.29 is 19.4 Å². The van der Waals surface area contributed by atoms with Crippen LogP contribution < -0.4 is 10.6 Å². The molecule has 3 heterocycles. The Hall–Kier alpha value is -3.00. The van der Waals surface area contributed by atoms with Crippen LogP contribution in [0.15, 0.2) is 42.7 Å². The molecule has 1 aromatic heterocycles. The standard InChI is InChI=1S/C18H17N3O4S/c1-10(22)15-19-16(23)14-12-7-21(8-13(12)26-17(14)20-15)18(24)25-9-11-5-3-2-4-6-11/h2-6,15,20,22H,1,7-9H2,(H,19,23). The zero-order valence-electron chi connectivity index (χ0n) is 13.8. The van der Waals surface area contributed by atoms with Crippen molar-refractivity contribution in [1.82, 2.24) is 10.2 Å². The molecule has 8 heteroatoms. The van der Waals surface area contributed by atoms with Gasteiger partial charge in [-0.1, -0.05) is 36.9 Å². The van der Waals surface area contributed by atoms with Crippen molar-refractivity contribution in [2.75, 3.05) is 5.32 Å². The molecule has 1 aromatic carbocycles. The molecule has 2 aliphatic heterocycles. The quantitative estimate of drug-likeness (QED) is 0.722. The van der Waals surface area contributed by atoms with Crippen LogP contribution in [0.25, 0.3) is 0 Å². The first-order valence-corrected chi connectivity index (χ1v) is 8.90. The third-order valence-corrected chi connectivity index (χ3v) is 5.50. The van der Waals surface area contributed by atoms with Crippen LogP contribution >= 0.6 is 11.3 Å². The second kappa shape index (κ2) is 6.38. The maximum atomic E-state index is 12.4. The molecule has 7 nitrogen and oxygen atoms in total. The minimum atomic E-state index is -0.694. The SMILES string of the molecule is C=C(O)C1NC(=O)c2c(sc3c2CN(C(=O)OCc2ccccc2)C3)N1. The molecule has 0 fully saturated rings. The molecule has 26 heavy (non-hydrogen) atoms. The highest BCUT2D eigenvalue weighted by molar-refractivity contribution is 7.16. The zero-order valence-corrected chi connectivity index (χ0v) is 14.6. The minimum Gasteiger partial charge on any atom is -0.509 e. The van der Waals surface area contributed by atoms with E-state index in [9.17, 15) is 14.7 Å². The molecule has 1 unspecified atom stereocenters. The van der Waals surface area contributed by atoms with Gasteiger partial charge in [-0.15, -0.1) is 11.3 Å². The summed E-state index contributed by atoms with van der Waals surface area (Å²) in [6.45, 7) is 4.39. The molecule has 3 N–H and O–H groups in total. The number of amides is 2. The van der Waals surface area contributed by atoms with E-state index in [1.807, 2.05) is 30.3 Å². The Morgan fingerprint density at radius 3 is 2.81 bits per heavy atom. The number of nitrogens with one attached hydrogen (secondary N) is 2. The van der Waals surface area contributed by atoms with Crippen LogP contribution in [0, 0.1) is 0 Å². The second-order valence-corrected chi connectivity index (χ2v) is 7.25. The van der Waals surface area contributed by atoms with E-state index in [0.717, 1.165) is 16.0 Å². The first-order chi connectivity index (χ1) is 12.5. The number of nitrogens with zero attached hydrogens (tertiary/aromatic N) is 1. The largest absolute Gasteiger partial charge is 0.509 e. The van der Waals surface area contributed by atoms with Crippen LogP contribution in [-0.4, -0.2) is 28.2 Å². The van der Waals surface area contributed by atoms with Crippen LogP contribution in [0.2, 0.25) is 0 Å². The molecule has 2 aliphatic rings. The van der Waals surface area contributed by atoms with Gasteiger partial charge in [-0.25, -0.2) is 4.79 Å². The minimum absolute atomic E-state index is 0.149. The Kier molecular flexibility index (Phi) is 4.04. The number of carbonyl (C=O) groups is 2. The van der Waals surface area contributed by atoms with Gasteiger partial charge in [0.15, 0.2) is 6.17 Å². The summed E-state index contributed by atoms with van der Waals surface area (Å²) in [7, 11) is 0. The molecule has 0 saturated carbocycles. The van der Waals surface area contributed by atoms with Gasteiger partial charge in [0.25, 0.3) is 5.91 Å². The monoisotopic (exact) mass is 371 g/mol. The second-order valence-electron chi connectivity index (χ2n) is 6.15. The molecule has 2 amide bonds. The van der Waals surface area contributed by atoms with Gasteiger partial charge in [0.2, 0.25) is 0 Å². The Morgan fingerprint density at radius 2 is 2.08 bits per heavy atom. The predicted octanol–water partition coefficient (Wildman–Crippen LogP) is 2.95. The molecule has 0 saturated heterocycles. The Bertz CT molecular complexity index is 893. The van der Waals surface area contributed by atoms with Gasteiger partial charge in [0, 0.05) is 10.4 Å². The smallest absolute Gasteiger partial charge is 0.410 e. The van der Waals surface area contributed by atoms with Gasteiger partial charge in [-0.3, -0.25) is 9.69 Å². The van der Waals surface area contributed by atoms with E-state index in [-0.39, 0.29) is 18.3 Å². The van der Waals surface area contributed by atoms with Crippen molar-refractivity contribution in [1.29, 1.82) is 0 Å². The average Bonchev–Trinajstić information content (AvgIpc) is 3.18. The summed E-state index contributed by atoms with van der Waals surface area (Å²) < 4.78 is 5.36. The van der Waals surface area contributed by atoms with Crippen molar-refractivity contribution in [2.24, 2.45) is 0 Å². The van der Waals surface area contributed by atoms with E-state index >= 15 is 0 Å². The van der Waals surface area contributed by atoms with E-state index in [2.05, 4.69) is 17.2 Å². The molecule has 2 aromatic rings. The highest BCUT2D eigenvalue weighted by atomic mass is 32.1. The fraction of sp³-hybridized carbons (Fsp3) is 0.222. The van der Waals surface area contributed by atoms with E-state index in [4.69, 9.17) is 4.74 Å². The lowest BCUT2D eigenvalue weighted by Gasteiger charge is -2.25. The molecular weight excluding hydrogens is 354 g/mol. The topological polar surface area (TPSA) is 90.9 Å². The number of hydrogen-bond acceptors (Lipinski definition) is 6. The summed E-state index contributed by atoms with van der Waals surface area (Å²) in [6.07, 6.45) is -1.10.